The van der Waals surface area contributed by atoms with Crippen LogP contribution < -0.4 is 5.56 Å². The van der Waals surface area contributed by atoms with E-state index >= 15 is 0 Å². The number of rotatable bonds is 7. The van der Waals surface area contributed by atoms with E-state index in [-0.39, 0.29) is 23.8 Å². The minimum atomic E-state index is -0.394. The quantitative estimate of drug-likeness (QED) is 0.761. The SMILES string of the molecule is CCN(Cc1ccc(C(=O)N(C)C)cc1)C(=O)CCc1c(C)[nH]c(=O)c(C#N)c1C. The van der Waals surface area contributed by atoms with E-state index in [9.17, 15) is 19.6 Å². The molecule has 7 nitrogen and oxygen atoms in total. The maximum Gasteiger partial charge on any atom is 0.266 e. The van der Waals surface area contributed by atoms with Crippen LogP contribution in [0.4, 0.5) is 0 Å². The lowest BCUT2D eigenvalue weighted by atomic mass is 9.99. The van der Waals surface area contributed by atoms with E-state index in [1.807, 2.05) is 25.1 Å². The summed E-state index contributed by atoms with van der Waals surface area (Å²) in [6.45, 7) is 6.47. The average Bonchev–Trinajstić information content (AvgIpc) is 2.71. The number of carbonyl (C=O) groups excluding carboxylic acids is 2. The summed E-state index contributed by atoms with van der Waals surface area (Å²) in [5, 5.41) is 9.20. The van der Waals surface area contributed by atoms with E-state index in [1.165, 1.54) is 4.90 Å². The zero-order valence-electron chi connectivity index (χ0n) is 18.2. The Labute approximate surface area is 176 Å². The average molecular weight is 409 g/mol. The number of carbonyl (C=O) groups is 2. The number of H-pyrrole nitrogens is 1. The maximum atomic E-state index is 12.8. The monoisotopic (exact) mass is 408 g/mol. The third kappa shape index (κ3) is 5.15. The highest BCUT2D eigenvalue weighted by atomic mass is 16.2. The Morgan fingerprint density at radius 2 is 1.77 bits per heavy atom. The number of benzene rings is 1. The minimum absolute atomic E-state index is 0.00514. The molecule has 0 aliphatic carbocycles. The number of hydrogen-bond donors (Lipinski definition) is 1. The van der Waals surface area contributed by atoms with Gasteiger partial charge in [-0.05, 0) is 56.0 Å². The van der Waals surface area contributed by atoms with E-state index in [4.69, 9.17) is 0 Å². The summed E-state index contributed by atoms with van der Waals surface area (Å²) in [6.07, 6.45) is 0.734. The first-order chi connectivity index (χ1) is 14.2. The fraction of sp³-hybridized carbons (Fsp3) is 0.391. The Balaban J connectivity index is 2.08. The van der Waals surface area contributed by atoms with Crippen molar-refractivity contribution in [2.45, 2.75) is 40.2 Å². The number of aromatic amines is 1. The van der Waals surface area contributed by atoms with Crippen LogP contribution in [0.15, 0.2) is 29.1 Å². The normalized spacial score (nSPS) is 10.4. The fourth-order valence-electron chi connectivity index (χ4n) is 3.42. The molecule has 0 aliphatic rings. The maximum absolute atomic E-state index is 12.8. The molecule has 0 saturated heterocycles. The molecular formula is C23H28N4O3. The number of nitrogens with one attached hydrogen (secondary N) is 1. The molecular weight excluding hydrogens is 380 g/mol. The van der Waals surface area contributed by atoms with Crippen LogP contribution in [0.1, 0.15) is 51.7 Å². The van der Waals surface area contributed by atoms with Crippen molar-refractivity contribution in [3.8, 4) is 6.07 Å². The van der Waals surface area contributed by atoms with Crippen LogP contribution in [0.3, 0.4) is 0 Å². The van der Waals surface area contributed by atoms with E-state index in [0.29, 0.717) is 36.3 Å². The van der Waals surface area contributed by atoms with Gasteiger partial charge in [-0.15, -0.1) is 0 Å². The summed E-state index contributed by atoms with van der Waals surface area (Å²) in [5.74, 6) is -0.0668. The number of hydrogen-bond acceptors (Lipinski definition) is 4. The Bertz CT molecular complexity index is 1030. The van der Waals surface area contributed by atoms with Gasteiger partial charge in [0.15, 0.2) is 0 Å². The van der Waals surface area contributed by atoms with E-state index < -0.39 is 5.56 Å². The van der Waals surface area contributed by atoms with Gasteiger partial charge < -0.3 is 14.8 Å². The summed E-state index contributed by atoms with van der Waals surface area (Å²) >= 11 is 0. The van der Waals surface area contributed by atoms with Crippen LogP contribution in [0.25, 0.3) is 0 Å². The predicted octanol–water partition coefficient (Wildman–Crippen LogP) is 2.55. The Morgan fingerprint density at radius 1 is 1.13 bits per heavy atom. The first-order valence-electron chi connectivity index (χ1n) is 9.90. The second-order valence-corrected chi connectivity index (χ2v) is 7.47. The van der Waals surface area contributed by atoms with Crippen LogP contribution in [0.5, 0.6) is 0 Å². The van der Waals surface area contributed by atoms with Gasteiger partial charge >= 0.3 is 0 Å². The van der Waals surface area contributed by atoms with Gasteiger partial charge in [-0.1, -0.05) is 12.1 Å². The molecule has 1 aromatic carbocycles. The van der Waals surface area contributed by atoms with Crippen molar-refractivity contribution in [3.63, 3.8) is 0 Å². The molecule has 0 aliphatic heterocycles. The zero-order chi connectivity index (χ0) is 22.4. The number of nitrogens with zero attached hydrogens (tertiary/aromatic N) is 3. The third-order valence-electron chi connectivity index (χ3n) is 5.22. The van der Waals surface area contributed by atoms with Crippen molar-refractivity contribution in [1.29, 1.82) is 5.26 Å². The first-order valence-corrected chi connectivity index (χ1v) is 9.90. The molecule has 0 fully saturated rings. The fourth-order valence-corrected chi connectivity index (χ4v) is 3.42. The number of aromatic nitrogens is 1. The van der Waals surface area contributed by atoms with Crippen molar-refractivity contribution in [1.82, 2.24) is 14.8 Å². The Hall–Kier alpha value is -3.40. The molecule has 1 heterocycles. The minimum Gasteiger partial charge on any atom is -0.345 e. The molecule has 0 saturated carbocycles. The van der Waals surface area contributed by atoms with Crippen molar-refractivity contribution in [3.05, 3.63) is 68.1 Å². The molecule has 0 bridgehead atoms. The molecule has 30 heavy (non-hydrogen) atoms. The van der Waals surface area contributed by atoms with Gasteiger partial charge in [-0.25, -0.2) is 0 Å². The summed E-state index contributed by atoms with van der Waals surface area (Å²) in [7, 11) is 3.41. The number of nitriles is 1. The van der Waals surface area contributed by atoms with Gasteiger partial charge in [-0.3, -0.25) is 14.4 Å². The van der Waals surface area contributed by atoms with Gasteiger partial charge in [0.1, 0.15) is 11.6 Å². The molecule has 0 unspecified atom stereocenters. The second kappa shape index (κ2) is 9.88. The lowest BCUT2D eigenvalue weighted by Crippen LogP contribution is -2.30. The summed E-state index contributed by atoms with van der Waals surface area (Å²) in [4.78, 5) is 42.6. The molecule has 0 radical (unpaired) electrons. The summed E-state index contributed by atoms with van der Waals surface area (Å²) < 4.78 is 0. The van der Waals surface area contributed by atoms with Crippen LogP contribution in [0.2, 0.25) is 0 Å². The molecule has 0 atom stereocenters. The van der Waals surface area contributed by atoms with Gasteiger partial charge in [0, 0.05) is 44.9 Å². The highest BCUT2D eigenvalue weighted by Crippen LogP contribution is 2.16. The number of pyridine rings is 1. The highest BCUT2D eigenvalue weighted by molar-refractivity contribution is 5.93. The van der Waals surface area contributed by atoms with Gasteiger partial charge in [-0.2, -0.15) is 5.26 Å². The lowest BCUT2D eigenvalue weighted by molar-refractivity contribution is -0.131. The number of amides is 2. The van der Waals surface area contributed by atoms with E-state index in [0.717, 1.165) is 11.1 Å². The van der Waals surface area contributed by atoms with Crippen LogP contribution >= 0.6 is 0 Å². The Morgan fingerprint density at radius 3 is 2.30 bits per heavy atom. The Kier molecular flexibility index (Phi) is 7.54. The zero-order valence-corrected chi connectivity index (χ0v) is 18.2. The molecule has 2 amide bonds. The second-order valence-electron chi connectivity index (χ2n) is 7.47. The van der Waals surface area contributed by atoms with Crippen LogP contribution in [-0.2, 0) is 17.8 Å². The van der Waals surface area contributed by atoms with Crippen molar-refractivity contribution in [2.75, 3.05) is 20.6 Å². The van der Waals surface area contributed by atoms with Crippen molar-refractivity contribution >= 4 is 11.8 Å². The smallest absolute Gasteiger partial charge is 0.266 e. The molecule has 2 aromatic rings. The van der Waals surface area contributed by atoms with Crippen LogP contribution in [0, 0.1) is 25.2 Å². The summed E-state index contributed by atoms with van der Waals surface area (Å²) in [5.41, 5.74) is 3.42. The lowest BCUT2D eigenvalue weighted by Gasteiger charge is -2.22. The first kappa shape index (κ1) is 22.9. The third-order valence-corrected chi connectivity index (χ3v) is 5.22. The molecule has 158 valence electrons. The molecule has 0 spiro atoms. The van der Waals surface area contributed by atoms with Crippen molar-refractivity contribution < 1.29 is 9.59 Å². The van der Waals surface area contributed by atoms with Gasteiger partial charge in [0.2, 0.25) is 5.91 Å². The van der Waals surface area contributed by atoms with Crippen molar-refractivity contribution in [2.24, 2.45) is 0 Å². The molecule has 7 heteroatoms. The van der Waals surface area contributed by atoms with E-state index in [2.05, 4.69) is 4.98 Å². The molecule has 1 N–H and O–H groups in total. The van der Waals surface area contributed by atoms with Crippen LogP contribution in [-0.4, -0.2) is 47.2 Å². The number of aryl methyl sites for hydroxylation is 1. The van der Waals surface area contributed by atoms with E-state index in [1.54, 1.807) is 45.0 Å². The highest BCUT2D eigenvalue weighted by Gasteiger charge is 2.17. The topological polar surface area (TPSA) is 97.3 Å². The molecule has 1 aromatic heterocycles. The predicted molar refractivity (Wildman–Crippen MR) is 115 cm³/mol. The standard InChI is InChI=1S/C23H28N4O3/c1-6-27(14-17-7-9-18(10-8-17)23(30)26(4)5)21(28)12-11-19-15(2)20(13-24)22(29)25-16(19)3/h7-10H,6,11-12,14H2,1-5H3,(H,25,29). The summed E-state index contributed by atoms with van der Waals surface area (Å²) in [6, 6.07) is 9.21. The largest absolute Gasteiger partial charge is 0.345 e. The van der Waals surface area contributed by atoms with Gasteiger partial charge in [0.25, 0.3) is 11.5 Å². The van der Waals surface area contributed by atoms with Gasteiger partial charge in [0.05, 0.1) is 0 Å². The molecule has 2 rings (SSSR count).